The fourth-order valence-corrected chi connectivity index (χ4v) is 2.76. The van der Waals surface area contributed by atoms with Crippen molar-refractivity contribution in [3.05, 3.63) is 35.9 Å². The number of carbonyl (C=O) groups excluding carboxylic acids is 1. The number of amides is 1. The van der Waals surface area contributed by atoms with Crippen LogP contribution in [0.15, 0.2) is 35.3 Å². The van der Waals surface area contributed by atoms with Crippen molar-refractivity contribution in [1.82, 2.24) is 20.9 Å². The predicted octanol–water partition coefficient (Wildman–Crippen LogP) is 1.96. The zero-order chi connectivity index (χ0) is 18.1. The second-order valence-corrected chi connectivity index (χ2v) is 6.65. The third-order valence-electron chi connectivity index (χ3n) is 4.49. The van der Waals surface area contributed by atoms with Crippen LogP contribution in [-0.2, 0) is 11.3 Å². The molecule has 0 aromatic heterocycles. The normalized spacial score (nSPS) is 18.7. The van der Waals surface area contributed by atoms with Gasteiger partial charge in [-0.25, -0.2) is 0 Å². The van der Waals surface area contributed by atoms with Crippen LogP contribution in [0.2, 0.25) is 0 Å². The van der Waals surface area contributed by atoms with E-state index in [-0.39, 0.29) is 35.9 Å². The number of aliphatic imine (C=N–C) groups is 1. The molecule has 1 heterocycles. The molecule has 2 atom stereocenters. The molecule has 0 radical (unpaired) electrons. The number of likely N-dealkylation sites (N-methyl/N-ethyl adjacent to an activating group) is 1. The Kier molecular flexibility index (Phi) is 10.6. The van der Waals surface area contributed by atoms with Gasteiger partial charge in [-0.3, -0.25) is 14.7 Å². The molecule has 146 valence electrons. The van der Waals surface area contributed by atoms with Crippen molar-refractivity contribution in [2.75, 3.05) is 26.7 Å². The van der Waals surface area contributed by atoms with E-state index < -0.39 is 0 Å². The molecule has 1 amide bonds. The number of hydrogen-bond donors (Lipinski definition) is 3. The van der Waals surface area contributed by atoms with Gasteiger partial charge in [0.1, 0.15) is 0 Å². The first-order chi connectivity index (χ1) is 12.1. The van der Waals surface area contributed by atoms with Gasteiger partial charge in [0.15, 0.2) is 5.96 Å². The zero-order valence-electron chi connectivity index (χ0n) is 16.0. The lowest BCUT2D eigenvalue weighted by atomic mass is 10.1. The molecule has 1 aliphatic heterocycles. The topological polar surface area (TPSA) is 68.8 Å². The first-order valence-corrected chi connectivity index (χ1v) is 9.14. The maximum Gasteiger partial charge on any atom is 0.220 e. The van der Waals surface area contributed by atoms with Gasteiger partial charge in [-0.05, 0) is 32.9 Å². The molecule has 0 bridgehead atoms. The average molecular weight is 473 g/mol. The van der Waals surface area contributed by atoms with Gasteiger partial charge in [-0.2, -0.15) is 0 Å². The fourth-order valence-electron chi connectivity index (χ4n) is 2.76. The van der Waals surface area contributed by atoms with E-state index in [0.29, 0.717) is 19.0 Å². The van der Waals surface area contributed by atoms with Crippen LogP contribution in [0, 0.1) is 0 Å². The zero-order valence-corrected chi connectivity index (χ0v) is 18.3. The number of guanidine groups is 1. The van der Waals surface area contributed by atoms with Gasteiger partial charge in [0.2, 0.25) is 5.91 Å². The number of nitrogens with zero attached hydrogens (tertiary/aromatic N) is 2. The van der Waals surface area contributed by atoms with E-state index in [9.17, 15) is 4.79 Å². The summed E-state index contributed by atoms with van der Waals surface area (Å²) in [6.07, 6.45) is 1.42. The largest absolute Gasteiger partial charge is 0.357 e. The van der Waals surface area contributed by atoms with Crippen LogP contribution in [0.3, 0.4) is 0 Å². The van der Waals surface area contributed by atoms with E-state index in [4.69, 9.17) is 4.99 Å². The molecule has 7 heteroatoms. The Bertz CT molecular complexity index is 556. The molecule has 1 saturated heterocycles. The Morgan fingerprint density at radius 1 is 1.38 bits per heavy atom. The second-order valence-electron chi connectivity index (χ2n) is 6.65. The number of piperidine rings is 1. The van der Waals surface area contributed by atoms with Crippen LogP contribution < -0.4 is 16.0 Å². The minimum atomic E-state index is 0. The van der Waals surface area contributed by atoms with E-state index in [1.54, 1.807) is 0 Å². The summed E-state index contributed by atoms with van der Waals surface area (Å²) in [6, 6.07) is 11.1. The molecule has 1 aliphatic rings. The van der Waals surface area contributed by atoms with E-state index in [0.717, 1.165) is 32.0 Å². The molecule has 3 N–H and O–H groups in total. The summed E-state index contributed by atoms with van der Waals surface area (Å²) in [4.78, 5) is 18.3. The average Bonchev–Trinajstić information content (AvgIpc) is 2.62. The molecule has 1 aromatic carbocycles. The van der Waals surface area contributed by atoms with E-state index in [1.807, 2.05) is 6.07 Å². The van der Waals surface area contributed by atoms with Crippen LogP contribution >= 0.6 is 24.0 Å². The summed E-state index contributed by atoms with van der Waals surface area (Å²) in [5.41, 5.74) is 1.31. The SMILES string of the molecule is CCNC(=NCC(C)N(C)Cc1ccccc1)NC1CCC(=O)NC1.I. The Balaban J connectivity index is 0.00000338. The van der Waals surface area contributed by atoms with Gasteiger partial charge in [0.05, 0.1) is 6.54 Å². The molecular weight excluding hydrogens is 441 g/mol. The standard InChI is InChI=1S/C19H31N5O.HI/c1-4-20-19(23-17-10-11-18(25)21-13-17)22-12-15(2)24(3)14-16-8-6-5-7-9-16;/h5-9,15,17H,4,10-14H2,1-3H3,(H,21,25)(H2,20,22,23);1H. The first-order valence-electron chi connectivity index (χ1n) is 9.14. The first kappa shape index (κ1) is 22.7. The third kappa shape index (κ3) is 7.90. The number of halogens is 1. The van der Waals surface area contributed by atoms with Gasteiger partial charge in [0, 0.05) is 38.1 Å². The molecule has 1 aromatic rings. The summed E-state index contributed by atoms with van der Waals surface area (Å²) < 4.78 is 0. The maximum atomic E-state index is 11.3. The van der Waals surface area contributed by atoms with Crippen LogP contribution in [-0.4, -0.2) is 55.5 Å². The van der Waals surface area contributed by atoms with E-state index >= 15 is 0 Å². The van der Waals surface area contributed by atoms with Gasteiger partial charge in [-0.1, -0.05) is 30.3 Å². The highest BCUT2D eigenvalue weighted by atomic mass is 127. The molecule has 2 unspecified atom stereocenters. The number of benzene rings is 1. The lowest BCUT2D eigenvalue weighted by Gasteiger charge is -2.26. The summed E-state index contributed by atoms with van der Waals surface area (Å²) in [7, 11) is 2.13. The smallest absolute Gasteiger partial charge is 0.220 e. The monoisotopic (exact) mass is 473 g/mol. The molecule has 26 heavy (non-hydrogen) atoms. The summed E-state index contributed by atoms with van der Waals surface area (Å²) in [5, 5.41) is 9.62. The van der Waals surface area contributed by atoms with E-state index in [2.05, 4.69) is 66.0 Å². The number of rotatable bonds is 7. The third-order valence-corrected chi connectivity index (χ3v) is 4.49. The fraction of sp³-hybridized carbons (Fsp3) is 0.579. The van der Waals surface area contributed by atoms with Gasteiger partial charge < -0.3 is 16.0 Å². The van der Waals surface area contributed by atoms with Crippen LogP contribution in [0.1, 0.15) is 32.3 Å². The summed E-state index contributed by atoms with van der Waals surface area (Å²) in [6.45, 7) is 7.36. The van der Waals surface area contributed by atoms with Gasteiger partial charge >= 0.3 is 0 Å². The minimum Gasteiger partial charge on any atom is -0.357 e. The van der Waals surface area contributed by atoms with Crippen molar-refractivity contribution < 1.29 is 4.79 Å². The predicted molar refractivity (Wildman–Crippen MR) is 118 cm³/mol. The van der Waals surface area contributed by atoms with Crippen molar-refractivity contribution in [3.8, 4) is 0 Å². The highest BCUT2D eigenvalue weighted by Crippen LogP contribution is 2.06. The van der Waals surface area contributed by atoms with Crippen molar-refractivity contribution in [2.45, 2.75) is 45.3 Å². The molecule has 1 fully saturated rings. The highest BCUT2D eigenvalue weighted by Gasteiger charge is 2.19. The molecule has 0 aliphatic carbocycles. The van der Waals surface area contributed by atoms with Crippen LogP contribution in [0.4, 0.5) is 0 Å². The summed E-state index contributed by atoms with van der Waals surface area (Å²) in [5.74, 6) is 0.958. The number of carbonyl (C=O) groups is 1. The second kappa shape index (κ2) is 12.1. The lowest BCUT2D eigenvalue weighted by molar-refractivity contribution is -0.122. The molecule has 0 saturated carbocycles. The number of nitrogens with one attached hydrogen (secondary N) is 3. The van der Waals surface area contributed by atoms with Crippen molar-refractivity contribution in [3.63, 3.8) is 0 Å². The highest BCUT2D eigenvalue weighted by molar-refractivity contribution is 14.0. The van der Waals surface area contributed by atoms with Crippen LogP contribution in [0.5, 0.6) is 0 Å². The Morgan fingerprint density at radius 2 is 2.12 bits per heavy atom. The van der Waals surface area contributed by atoms with Crippen LogP contribution in [0.25, 0.3) is 0 Å². The maximum absolute atomic E-state index is 11.3. The van der Waals surface area contributed by atoms with Crippen molar-refractivity contribution >= 4 is 35.8 Å². The quantitative estimate of drug-likeness (QED) is 0.322. The minimum absolute atomic E-state index is 0. The van der Waals surface area contributed by atoms with Gasteiger partial charge in [-0.15, -0.1) is 24.0 Å². The molecule has 0 spiro atoms. The Hall–Kier alpha value is -1.35. The number of hydrogen-bond acceptors (Lipinski definition) is 3. The van der Waals surface area contributed by atoms with Gasteiger partial charge in [0.25, 0.3) is 0 Å². The molecule has 2 rings (SSSR count). The van der Waals surface area contributed by atoms with E-state index in [1.165, 1.54) is 5.56 Å². The lowest BCUT2D eigenvalue weighted by Crippen LogP contribution is -2.51. The summed E-state index contributed by atoms with van der Waals surface area (Å²) >= 11 is 0. The van der Waals surface area contributed by atoms with Crippen molar-refractivity contribution in [1.29, 1.82) is 0 Å². The van der Waals surface area contributed by atoms with Crippen molar-refractivity contribution in [2.24, 2.45) is 4.99 Å². The Morgan fingerprint density at radius 3 is 2.73 bits per heavy atom. The molecule has 6 nitrogen and oxygen atoms in total. The molecular formula is C19H32IN5O. The Labute approximate surface area is 174 Å².